The molecule has 3 aliphatic heterocycles. The molecule has 0 radical (unpaired) electrons. The molecule has 0 saturated heterocycles. The molecular formula is C64H67N8O23S7+. The second-order valence-electron chi connectivity index (χ2n) is 24.4. The molecule has 0 aliphatic carbocycles. The Morgan fingerprint density at radius 2 is 1.09 bits per heavy atom. The van der Waals surface area contributed by atoms with Gasteiger partial charge in [-0.15, -0.1) is 0 Å². The number of aliphatic carboxylic acids is 1. The lowest BCUT2D eigenvalue weighted by Gasteiger charge is -2.29. The van der Waals surface area contributed by atoms with Crippen LogP contribution in [-0.4, -0.2) is 159 Å². The van der Waals surface area contributed by atoms with Gasteiger partial charge >= 0.3 is 11.8 Å². The lowest BCUT2D eigenvalue weighted by Crippen LogP contribution is -2.41. The minimum Gasteiger partial charge on any atom is -0.481 e. The summed E-state index contributed by atoms with van der Waals surface area (Å²) in [6.45, 7) is 5.64. The minimum atomic E-state index is -5.12. The van der Waals surface area contributed by atoms with Gasteiger partial charge in [-0.1, -0.05) is 50.0 Å². The van der Waals surface area contributed by atoms with Crippen LogP contribution in [0.4, 0.5) is 28.6 Å². The van der Waals surface area contributed by atoms with Gasteiger partial charge in [0.05, 0.1) is 73.0 Å². The van der Waals surface area contributed by atoms with E-state index in [1.165, 1.54) is 50.4 Å². The van der Waals surface area contributed by atoms with Crippen molar-refractivity contribution in [2.45, 2.75) is 91.3 Å². The molecule has 8 rings (SSSR count). The maximum absolute atomic E-state index is 14.1. The van der Waals surface area contributed by atoms with Crippen molar-refractivity contribution in [3.8, 4) is 23.7 Å². The van der Waals surface area contributed by atoms with Crippen LogP contribution in [0.2, 0.25) is 0 Å². The zero-order chi connectivity index (χ0) is 75.5. The summed E-state index contributed by atoms with van der Waals surface area (Å²) in [5.74, 6) is 8.78. The molecule has 102 heavy (non-hydrogen) atoms. The van der Waals surface area contributed by atoms with Gasteiger partial charge < -0.3 is 20.6 Å². The number of unbranched alkanes of at least 4 members (excludes halogenated alkanes) is 2. The average molecular weight is 1540 g/mol. The molecule has 542 valence electrons. The quantitative estimate of drug-likeness (QED) is 0.0146. The van der Waals surface area contributed by atoms with E-state index in [-0.39, 0.29) is 54.4 Å². The molecule has 4 aromatic carbocycles. The number of hydrogen-bond acceptors (Lipinski definition) is 20. The van der Waals surface area contributed by atoms with E-state index < -0.39 is 149 Å². The predicted molar refractivity (Wildman–Crippen MR) is 375 cm³/mol. The monoisotopic (exact) mass is 1540 g/mol. The number of amides is 2. The van der Waals surface area contributed by atoms with Gasteiger partial charge in [-0.25, -0.2) is 26.4 Å². The molecule has 0 fully saturated rings. The molecule has 2 amide bonds. The van der Waals surface area contributed by atoms with E-state index >= 15 is 0 Å². The molecule has 31 nitrogen and oxygen atoms in total. The Kier molecular flexibility index (Phi) is 23.0. The van der Waals surface area contributed by atoms with Crippen molar-refractivity contribution in [2.75, 3.05) is 57.1 Å². The number of hydrogen-bond donors (Lipinski definition) is 8. The highest BCUT2D eigenvalue weighted by Gasteiger charge is 2.44. The summed E-state index contributed by atoms with van der Waals surface area (Å²) in [6, 6.07) is 17.7. The van der Waals surface area contributed by atoms with Crippen LogP contribution < -0.4 is 23.8 Å². The summed E-state index contributed by atoms with van der Waals surface area (Å²) in [5.41, 5.74) is -0.000878. The van der Waals surface area contributed by atoms with Crippen LogP contribution in [-0.2, 0) is 97.0 Å². The van der Waals surface area contributed by atoms with Gasteiger partial charge in [0.2, 0.25) is 26.0 Å². The number of carboxylic acids is 1. The second kappa shape index (κ2) is 30.0. The zero-order valence-electron chi connectivity index (χ0n) is 54.9. The van der Waals surface area contributed by atoms with Gasteiger partial charge in [-0.3, -0.25) is 45.8 Å². The van der Waals surface area contributed by atoms with Crippen molar-refractivity contribution < 1.29 is 106 Å². The highest BCUT2D eigenvalue weighted by atomic mass is 32.2. The zero-order valence-corrected chi connectivity index (χ0v) is 60.6. The van der Waals surface area contributed by atoms with E-state index in [1.54, 1.807) is 82.3 Å². The van der Waals surface area contributed by atoms with Gasteiger partial charge in [0.15, 0.2) is 12.3 Å². The molecule has 5 aromatic rings. The number of carbonyl (C=O) groups excluding carboxylic acids is 2. The lowest BCUT2D eigenvalue weighted by molar-refractivity contribution is -0.671. The van der Waals surface area contributed by atoms with E-state index in [1.807, 2.05) is 0 Å². The Balaban J connectivity index is 1.16. The smallest absolute Gasteiger partial charge is 0.328 e. The largest absolute Gasteiger partial charge is 0.481 e. The summed E-state index contributed by atoms with van der Waals surface area (Å²) >= 11 is 0. The standard InChI is InChI=1S/C64H66N8O23S7/c1-63(2)50-34-44(17-15-42-19-23-46(24-20-42)71(96(5,77)78)31-9-7-8-14-60(75)76)38-69(40-58(73)65-52-36-48(99(84,85)86)27-29-54(52)101(90,91)92)61(50)67-56(63)12-10-13-57-64(3,4)51-35-45(18-16-43-21-25-47(26-22-43)72(97(6,79)80)32-11-33-98(81,82)83)39-70(62(51)68-57)41-59(74)66-53-37-49(100(87,88)89)28-30-55(53)102(93,94)95/h10,12-13,19-30,34-39H,7-9,11,14,31-33,40-41H2,1-6H3,(H7-,65,66,73,74,75,76,81,82,83,84,85,86,87,88,89,90,91,92,93,94,95)/p+1. The minimum absolute atomic E-state index is 0.0650. The number of amidine groups is 1. The van der Waals surface area contributed by atoms with E-state index in [2.05, 4.69) is 34.3 Å². The number of aliphatic imine (C=N–C) groups is 2. The number of allylic oxidation sites excluding steroid dienone is 6. The SMILES string of the molecule is CC1(C)C2=CC(C#Cc3ccc(N(CCCS(=O)(=O)O)S(C)(=O)=O)cc3)=CN(CC(=O)Nc3cc(S(=O)(=O)O)ccc3S(=O)(=O)O)C2=N/C1=C\C=C\C1=Nc2c(cc(C#Cc3ccc(N(CCCCCC(=O)O)S(C)(=O)=O)cc3)c[n+]2CC(=O)Nc2cc(S(=O)(=O)O)ccc2S(=O)(=O)O)C1(C)C. The number of fused-ring (bicyclic) bond motifs is 2. The number of nitrogens with one attached hydrogen (secondary N) is 2. The third-order valence-electron chi connectivity index (χ3n) is 15.9. The Bertz CT molecular complexity index is 5480. The number of benzene rings is 4. The van der Waals surface area contributed by atoms with E-state index in [0.717, 1.165) is 16.8 Å². The lowest BCUT2D eigenvalue weighted by atomic mass is 9.80. The van der Waals surface area contributed by atoms with Crippen molar-refractivity contribution >= 4 is 129 Å². The molecule has 0 atom stereocenters. The summed E-state index contributed by atoms with van der Waals surface area (Å²) in [7, 11) is -32.3. The summed E-state index contributed by atoms with van der Waals surface area (Å²) in [6.07, 6.45) is 12.3. The van der Waals surface area contributed by atoms with Crippen LogP contribution in [0.1, 0.15) is 82.1 Å². The first kappa shape index (κ1) is 78.4. The van der Waals surface area contributed by atoms with Crippen molar-refractivity contribution in [3.63, 3.8) is 0 Å². The molecule has 0 unspecified atom stereocenters. The maximum atomic E-state index is 14.1. The summed E-state index contributed by atoms with van der Waals surface area (Å²) < 4.78 is 224. The number of nitrogens with zero attached hydrogens (tertiary/aromatic N) is 6. The van der Waals surface area contributed by atoms with Crippen molar-refractivity contribution in [1.29, 1.82) is 0 Å². The van der Waals surface area contributed by atoms with Gasteiger partial charge in [-0.2, -0.15) is 42.1 Å². The van der Waals surface area contributed by atoms with E-state index in [0.29, 0.717) is 95.0 Å². The number of carboxylic acid groups (broad SMARTS) is 1. The normalized spacial score (nSPS) is 15.5. The number of sulfonamides is 2. The molecule has 38 heteroatoms. The Hall–Kier alpha value is -9.29. The first-order valence-corrected chi connectivity index (χ1v) is 41.2. The Morgan fingerprint density at radius 3 is 1.58 bits per heavy atom. The van der Waals surface area contributed by atoms with Crippen LogP contribution in [0.5, 0.6) is 0 Å². The average Bonchev–Trinajstić information content (AvgIpc) is 1.60. The van der Waals surface area contributed by atoms with Crippen LogP contribution in [0, 0.1) is 29.1 Å². The topological polar surface area (TPSA) is 474 Å². The van der Waals surface area contributed by atoms with Gasteiger partial charge in [0.1, 0.15) is 28.4 Å². The van der Waals surface area contributed by atoms with Crippen LogP contribution in [0.15, 0.2) is 174 Å². The highest BCUT2D eigenvalue weighted by molar-refractivity contribution is 7.92. The molecule has 0 saturated carbocycles. The van der Waals surface area contributed by atoms with Gasteiger partial charge in [0, 0.05) is 53.4 Å². The fraction of sp³-hybridized carbons (Fsp3) is 0.281. The van der Waals surface area contributed by atoms with E-state index in [9.17, 15) is 96.1 Å². The summed E-state index contributed by atoms with van der Waals surface area (Å²) in [5, 5.41) is 13.6. The molecule has 1 aromatic heterocycles. The number of anilines is 4. The highest BCUT2D eigenvalue weighted by Crippen LogP contribution is 2.46. The number of carbonyl (C=O) groups is 3. The maximum Gasteiger partial charge on any atom is 0.328 e. The Labute approximate surface area is 589 Å². The number of aromatic nitrogens is 1. The third kappa shape index (κ3) is 19.9. The van der Waals surface area contributed by atoms with Crippen molar-refractivity contribution in [1.82, 2.24) is 4.90 Å². The predicted octanol–water partition coefficient (Wildman–Crippen LogP) is 5.51. The van der Waals surface area contributed by atoms with Crippen molar-refractivity contribution in [3.05, 3.63) is 167 Å². The molecule has 4 heterocycles. The van der Waals surface area contributed by atoms with Crippen molar-refractivity contribution in [2.24, 2.45) is 15.4 Å². The van der Waals surface area contributed by atoms with Gasteiger partial charge in [-0.05, 0) is 147 Å². The summed E-state index contributed by atoms with van der Waals surface area (Å²) in [4.78, 5) is 46.8. The van der Waals surface area contributed by atoms with Crippen LogP contribution in [0.25, 0.3) is 0 Å². The molecule has 0 spiro atoms. The van der Waals surface area contributed by atoms with Crippen LogP contribution in [0.3, 0.4) is 0 Å². The Morgan fingerprint density at radius 1 is 0.588 bits per heavy atom. The van der Waals surface area contributed by atoms with E-state index in [4.69, 9.17) is 15.1 Å². The molecular weight excluding hydrogens is 1470 g/mol. The van der Waals surface area contributed by atoms with Crippen LogP contribution >= 0.6 is 0 Å². The first-order valence-electron chi connectivity index (χ1n) is 30.1. The fourth-order valence-corrected chi connectivity index (χ4v) is 15.5. The third-order valence-corrected chi connectivity index (χ3v) is 22.6. The second-order valence-corrected chi connectivity index (χ2v) is 35.4. The first-order chi connectivity index (χ1) is 47.1. The molecule has 0 bridgehead atoms. The molecule has 3 aliphatic rings. The number of rotatable bonds is 26. The number of pyridine rings is 1. The molecule has 8 N–H and O–H groups in total. The van der Waals surface area contributed by atoms with Gasteiger partial charge in [0.25, 0.3) is 56.5 Å². The fourth-order valence-electron chi connectivity index (χ4n) is 10.8.